The van der Waals surface area contributed by atoms with Crippen molar-refractivity contribution in [2.75, 3.05) is 18.1 Å². The van der Waals surface area contributed by atoms with Gasteiger partial charge in [-0.05, 0) is 0 Å². The number of fused-ring (bicyclic) bond motifs is 3. The van der Waals surface area contributed by atoms with Gasteiger partial charge in [-0.25, -0.2) is 14.6 Å². The quantitative estimate of drug-likeness (QED) is 0.129. The molecule has 1 aromatic heterocycles. The van der Waals surface area contributed by atoms with E-state index in [1.165, 1.54) is 5.38 Å². The van der Waals surface area contributed by atoms with Crippen molar-refractivity contribution in [1.29, 1.82) is 0 Å². The molecule has 0 aliphatic carbocycles. The molecule has 0 aromatic carbocycles. The Morgan fingerprint density at radius 2 is 2.15 bits per heavy atom. The van der Waals surface area contributed by atoms with Crippen LogP contribution in [0.1, 0.15) is 12.1 Å². The molecule has 1 aromatic rings. The summed E-state index contributed by atoms with van der Waals surface area (Å²) < 4.78 is 17.8. The summed E-state index contributed by atoms with van der Waals surface area (Å²) in [7, 11) is -1.82. The fourth-order valence-corrected chi connectivity index (χ4v) is 6.32. The van der Waals surface area contributed by atoms with Gasteiger partial charge in [-0.3, -0.25) is 23.5 Å². The first-order valence-corrected chi connectivity index (χ1v) is 11.4. The van der Waals surface area contributed by atoms with Gasteiger partial charge in [-0.1, -0.05) is 5.16 Å². The lowest BCUT2D eigenvalue weighted by Crippen LogP contribution is -2.83. The molecule has 3 aliphatic heterocycles. The highest BCUT2D eigenvalue weighted by molar-refractivity contribution is 7.85. The molecule has 2 amide bonds. The van der Waals surface area contributed by atoms with E-state index < -0.39 is 75.9 Å². The Balaban J connectivity index is 1.59. The molecular weight excluding hydrogens is 486 g/mol. The third-order valence-electron chi connectivity index (χ3n) is 5.19. The lowest BCUT2D eigenvalue weighted by Gasteiger charge is -2.56. The highest BCUT2D eigenvalue weighted by Gasteiger charge is 2.73. The van der Waals surface area contributed by atoms with E-state index in [-0.39, 0.29) is 23.0 Å². The number of hydrogen-bond acceptors (Lipinski definition) is 12. The Bertz CT molecular complexity index is 1130. The molecule has 4 rings (SSSR count). The summed E-state index contributed by atoms with van der Waals surface area (Å²) in [5.74, 6) is -6.97. The molecule has 0 saturated carbocycles. The average Bonchev–Trinajstić information content (AvgIpc) is 3.30. The monoisotopic (exact) mass is 501 g/mol. The summed E-state index contributed by atoms with van der Waals surface area (Å²) in [4.78, 5) is 69.3. The van der Waals surface area contributed by atoms with Crippen molar-refractivity contribution >= 4 is 62.7 Å². The number of ether oxygens (including phenoxy) is 1. The number of nitrogens with one attached hydrogen (secondary N) is 1. The summed E-state index contributed by atoms with van der Waals surface area (Å²) in [5, 5.41) is 24.3. The molecule has 33 heavy (non-hydrogen) atoms. The van der Waals surface area contributed by atoms with Gasteiger partial charge in [0.1, 0.15) is 17.1 Å². The van der Waals surface area contributed by atoms with Crippen molar-refractivity contribution in [3.63, 3.8) is 0 Å². The summed E-state index contributed by atoms with van der Waals surface area (Å²) in [6.45, 7) is -0.868. The van der Waals surface area contributed by atoms with E-state index in [1.54, 1.807) is 0 Å². The number of hydrogen-bond donors (Lipinski definition) is 4. The number of thiazole rings is 1. The maximum Gasteiger partial charge on any atom is 0.370 e. The molecule has 0 spiro atoms. The number of carboxylic acid groups (broad SMARTS) is 2. The fourth-order valence-electron chi connectivity index (χ4n) is 3.86. The van der Waals surface area contributed by atoms with Crippen LogP contribution in [0.3, 0.4) is 0 Å². The Hall–Kier alpha value is -3.60. The first-order chi connectivity index (χ1) is 15.6. The van der Waals surface area contributed by atoms with Gasteiger partial charge in [0.2, 0.25) is 6.61 Å². The number of carboxylic acids is 2. The molecule has 3 fully saturated rings. The van der Waals surface area contributed by atoms with E-state index in [4.69, 9.17) is 15.6 Å². The minimum absolute atomic E-state index is 0.0689. The first kappa shape index (κ1) is 22.6. The number of oxime groups is 1. The summed E-state index contributed by atoms with van der Waals surface area (Å²) in [6, 6.07) is -1.42. The highest BCUT2D eigenvalue weighted by atomic mass is 32.2. The van der Waals surface area contributed by atoms with Gasteiger partial charge >= 0.3 is 17.9 Å². The minimum Gasteiger partial charge on any atom is -0.479 e. The molecule has 15 nitrogen and oxygen atoms in total. The number of rotatable bonds is 7. The van der Waals surface area contributed by atoms with Crippen LogP contribution in [-0.4, -0.2) is 89.2 Å². The van der Waals surface area contributed by atoms with Crippen LogP contribution >= 0.6 is 11.3 Å². The Labute approximate surface area is 190 Å². The number of nitrogen functional groups attached to an aromatic ring is 1. The van der Waals surface area contributed by atoms with Crippen LogP contribution in [0.4, 0.5) is 5.13 Å². The van der Waals surface area contributed by atoms with Crippen LogP contribution in [0.25, 0.3) is 0 Å². The van der Waals surface area contributed by atoms with Crippen molar-refractivity contribution in [1.82, 2.24) is 15.2 Å². The van der Waals surface area contributed by atoms with Gasteiger partial charge in [0, 0.05) is 21.9 Å². The SMILES string of the molecule is Nc1nc(/C(=N/OCC(=O)O)C(=O)N[C@@H]2C(=O)N3[C@@H]2[S@](=O)C[C@@H]2CC(=O)O[C@@]23C(=O)O)cs1. The van der Waals surface area contributed by atoms with E-state index in [2.05, 4.69) is 20.3 Å². The number of carbonyl (C=O) groups is 5. The van der Waals surface area contributed by atoms with Crippen LogP contribution < -0.4 is 11.1 Å². The standard InChI is InChI=1S/C16H15N5O10S2/c17-15-18-6(3-32-15)9(20-30-2-7(22)23)11(25)19-10-12(26)21-13(10)33(29)4-5-1-8(24)31-16(5,21)14(27)28/h3,5,10,13H,1-2,4H2,(H2,17,18)(H,19,25)(H,22,23)(H,27,28)/b20-9-/t5-,10+,13+,16+,33+/m0/s1. The van der Waals surface area contributed by atoms with E-state index >= 15 is 0 Å². The lowest BCUT2D eigenvalue weighted by molar-refractivity contribution is -0.216. The van der Waals surface area contributed by atoms with Crippen molar-refractivity contribution in [2.45, 2.75) is 23.6 Å². The summed E-state index contributed by atoms with van der Waals surface area (Å²) in [6.07, 6.45) is -0.311. The van der Waals surface area contributed by atoms with Crippen LogP contribution in [0.15, 0.2) is 10.5 Å². The van der Waals surface area contributed by atoms with Gasteiger partial charge in [-0.2, -0.15) is 0 Å². The van der Waals surface area contributed by atoms with E-state index in [0.717, 1.165) is 11.3 Å². The maximum atomic E-state index is 12.8. The zero-order chi connectivity index (χ0) is 24.1. The number of carbonyl (C=O) groups excluding carboxylic acids is 3. The number of nitrogens with zero attached hydrogens (tertiary/aromatic N) is 3. The summed E-state index contributed by atoms with van der Waals surface area (Å²) in [5.41, 5.74) is 2.68. The van der Waals surface area contributed by atoms with E-state index in [9.17, 15) is 33.3 Å². The van der Waals surface area contributed by atoms with Crippen LogP contribution in [0, 0.1) is 5.92 Å². The van der Waals surface area contributed by atoms with Gasteiger partial charge < -0.3 is 30.8 Å². The van der Waals surface area contributed by atoms with Gasteiger partial charge in [-0.15, -0.1) is 11.3 Å². The topological polar surface area (TPSA) is 228 Å². The average molecular weight is 501 g/mol. The molecule has 0 radical (unpaired) electrons. The van der Waals surface area contributed by atoms with Gasteiger partial charge in [0.15, 0.2) is 10.8 Å². The predicted octanol–water partition coefficient (Wildman–Crippen LogP) is -2.71. The molecule has 176 valence electrons. The molecule has 3 aliphatic rings. The van der Waals surface area contributed by atoms with Crippen molar-refractivity contribution in [2.24, 2.45) is 11.1 Å². The number of esters is 1. The molecule has 3 saturated heterocycles. The van der Waals surface area contributed by atoms with Crippen molar-refractivity contribution < 1.29 is 48.0 Å². The minimum atomic E-state index is -2.29. The lowest BCUT2D eigenvalue weighted by atomic mass is 9.89. The number of amides is 2. The molecule has 5 atom stereocenters. The Morgan fingerprint density at radius 3 is 2.76 bits per heavy atom. The highest BCUT2D eigenvalue weighted by Crippen LogP contribution is 2.47. The number of anilines is 1. The number of aliphatic carboxylic acids is 2. The Kier molecular flexibility index (Phi) is 5.52. The normalized spacial score (nSPS) is 30.5. The second-order valence-corrected chi connectivity index (χ2v) is 9.62. The third-order valence-corrected chi connectivity index (χ3v) is 7.61. The molecule has 0 bridgehead atoms. The second-order valence-electron chi connectivity index (χ2n) is 7.15. The third kappa shape index (κ3) is 3.58. The molecule has 5 N–H and O–H groups in total. The number of β-lactam (4-membered cyclic amide) rings is 1. The summed E-state index contributed by atoms with van der Waals surface area (Å²) >= 11 is 0.957. The van der Waals surface area contributed by atoms with Crippen LogP contribution in [0.5, 0.6) is 0 Å². The molecule has 0 unspecified atom stereocenters. The zero-order valence-electron chi connectivity index (χ0n) is 16.3. The van der Waals surface area contributed by atoms with Crippen LogP contribution in [0.2, 0.25) is 0 Å². The Morgan fingerprint density at radius 1 is 1.42 bits per heavy atom. The maximum absolute atomic E-state index is 12.8. The van der Waals surface area contributed by atoms with E-state index in [0.29, 0.717) is 4.90 Å². The fraction of sp³-hybridized carbons (Fsp3) is 0.438. The number of nitrogens with two attached hydrogens (primary N) is 1. The zero-order valence-corrected chi connectivity index (χ0v) is 18.0. The second kappa shape index (κ2) is 8.07. The van der Waals surface area contributed by atoms with Gasteiger partial charge in [0.25, 0.3) is 17.5 Å². The smallest absolute Gasteiger partial charge is 0.370 e. The first-order valence-electron chi connectivity index (χ1n) is 9.15. The largest absolute Gasteiger partial charge is 0.479 e. The molecular formula is C16H15N5O10S2. The predicted molar refractivity (Wildman–Crippen MR) is 107 cm³/mol. The molecule has 4 heterocycles. The van der Waals surface area contributed by atoms with Crippen LogP contribution in [-0.2, 0) is 44.3 Å². The van der Waals surface area contributed by atoms with Crippen molar-refractivity contribution in [3.05, 3.63) is 11.1 Å². The molecule has 17 heteroatoms. The van der Waals surface area contributed by atoms with Crippen molar-refractivity contribution in [3.8, 4) is 0 Å². The van der Waals surface area contributed by atoms with E-state index in [1.807, 2.05) is 0 Å². The number of aromatic nitrogens is 1. The van der Waals surface area contributed by atoms with Gasteiger partial charge in [0.05, 0.1) is 12.3 Å².